The monoisotopic (exact) mass is 750 g/mol. The summed E-state index contributed by atoms with van der Waals surface area (Å²) in [6.45, 7) is 0.777. The van der Waals surface area contributed by atoms with Crippen LogP contribution in [0.3, 0.4) is 0 Å². The van der Waals surface area contributed by atoms with E-state index in [0.717, 1.165) is 46.2 Å². The van der Waals surface area contributed by atoms with Crippen molar-refractivity contribution in [3.63, 3.8) is 0 Å². The zero-order valence-corrected chi connectivity index (χ0v) is 30.8. The van der Waals surface area contributed by atoms with Crippen molar-refractivity contribution >= 4 is 57.6 Å². The number of aromatic nitrogens is 1. The van der Waals surface area contributed by atoms with Crippen LogP contribution in [0.4, 0.5) is 11.4 Å². The number of carbonyl (C=O) groups excluding carboxylic acids is 6. The summed E-state index contributed by atoms with van der Waals surface area (Å²) in [5.74, 6) is -1.64. The van der Waals surface area contributed by atoms with Crippen LogP contribution in [-0.4, -0.2) is 57.8 Å². The Balaban J connectivity index is 0.864. The number of piperidine rings is 1. The topological polar surface area (TPSA) is 181 Å². The highest BCUT2D eigenvalue weighted by Gasteiger charge is 2.39. The van der Waals surface area contributed by atoms with Gasteiger partial charge in [-0.3, -0.25) is 39.1 Å². The summed E-state index contributed by atoms with van der Waals surface area (Å²) in [6, 6.07) is 27.6. The van der Waals surface area contributed by atoms with E-state index in [-0.39, 0.29) is 48.5 Å². The van der Waals surface area contributed by atoms with Gasteiger partial charge in [0.2, 0.25) is 17.7 Å². The number of hydrogen-bond acceptors (Lipinski definition) is 8. The highest BCUT2D eigenvalue weighted by Crippen LogP contribution is 2.33. The van der Waals surface area contributed by atoms with Crippen molar-refractivity contribution in [1.29, 1.82) is 0 Å². The molecule has 3 heterocycles. The number of rotatable bonds is 15. The summed E-state index contributed by atoms with van der Waals surface area (Å²) in [4.78, 5) is 81.0. The van der Waals surface area contributed by atoms with Gasteiger partial charge in [-0.25, -0.2) is 0 Å². The lowest BCUT2D eigenvalue weighted by atomic mass is 9.98. The maximum atomic E-state index is 13.1. The average Bonchev–Trinajstić information content (AvgIpc) is 3.54. The zero-order valence-electron chi connectivity index (χ0n) is 30.8. The Kier molecular flexibility index (Phi) is 11.3. The maximum Gasteiger partial charge on any atom is 0.255 e. The van der Waals surface area contributed by atoms with Gasteiger partial charge in [-0.15, -0.1) is 0 Å². The standard InChI is InChI=1S/C44H42N6O6/c45-42(54)34-25-47-36-19-17-30(24-33(36)41(34)48-31-9-3-1-4-10-31)27-13-15-29(16-14-27)38(51)12-5-2-6-23-46-39(52)21-18-28-8-7-11-32-35(28)26-50(44(32)56)37-20-22-40(53)49-43(37)55/h1,3-4,7-11,13-17,19,24-25,37H,2,5-6,12,18,20-23,26H2,(H2,45,54)(H,46,52)(H,47,48)(H,49,53,55). The van der Waals surface area contributed by atoms with Crippen molar-refractivity contribution in [2.75, 3.05) is 11.9 Å². The Bertz CT molecular complexity index is 2340. The van der Waals surface area contributed by atoms with Crippen molar-refractivity contribution in [2.24, 2.45) is 5.73 Å². The minimum absolute atomic E-state index is 0.0498. The number of fused-ring (bicyclic) bond motifs is 2. The minimum atomic E-state index is -0.682. The fourth-order valence-electron chi connectivity index (χ4n) is 7.39. The van der Waals surface area contributed by atoms with Crippen LogP contribution in [0.25, 0.3) is 22.0 Å². The molecule has 0 spiro atoms. The molecule has 0 bridgehead atoms. The molecule has 12 heteroatoms. The van der Waals surface area contributed by atoms with Gasteiger partial charge in [-0.1, -0.05) is 67.1 Å². The number of carbonyl (C=O) groups is 6. The third-order valence-electron chi connectivity index (χ3n) is 10.4. The summed E-state index contributed by atoms with van der Waals surface area (Å²) in [5.41, 5.74) is 12.8. The molecule has 0 aliphatic carbocycles. The van der Waals surface area contributed by atoms with Crippen molar-refractivity contribution in [3.05, 3.63) is 125 Å². The number of nitrogens with zero attached hydrogens (tertiary/aromatic N) is 2. The lowest BCUT2D eigenvalue weighted by Crippen LogP contribution is -2.52. The van der Waals surface area contributed by atoms with Gasteiger partial charge >= 0.3 is 0 Å². The van der Waals surface area contributed by atoms with E-state index in [1.54, 1.807) is 12.1 Å². The number of anilines is 2. The number of imide groups is 1. The Morgan fingerprint density at radius 2 is 1.64 bits per heavy atom. The predicted molar refractivity (Wildman–Crippen MR) is 212 cm³/mol. The molecule has 1 atom stereocenters. The van der Waals surface area contributed by atoms with Crippen molar-refractivity contribution < 1.29 is 28.8 Å². The van der Waals surface area contributed by atoms with Gasteiger partial charge in [-0.05, 0) is 78.3 Å². The third kappa shape index (κ3) is 8.34. The lowest BCUT2D eigenvalue weighted by Gasteiger charge is -2.29. The molecule has 2 aliphatic heterocycles. The van der Waals surface area contributed by atoms with E-state index < -0.39 is 17.9 Å². The van der Waals surface area contributed by atoms with Crippen molar-refractivity contribution in [1.82, 2.24) is 20.5 Å². The van der Waals surface area contributed by atoms with Crippen LogP contribution in [0.2, 0.25) is 0 Å². The fourth-order valence-corrected chi connectivity index (χ4v) is 7.39. The second kappa shape index (κ2) is 16.8. The van der Waals surface area contributed by atoms with Gasteiger partial charge in [0.25, 0.3) is 11.8 Å². The number of unbranched alkanes of at least 4 members (excludes halogenated alkanes) is 2. The SMILES string of the molecule is NC(=O)c1cnc2ccc(-c3ccc(C(=O)CCCCCNC(=O)CCc4cccc5c4CN(C4CCC(=O)NC4=O)C5=O)cc3)cc2c1Nc1ccccc1. The van der Waals surface area contributed by atoms with Crippen LogP contribution in [0.15, 0.2) is 97.2 Å². The van der Waals surface area contributed by atoms with Gasteiger partial charge in [-0.2, -0.15) is 0 Å². The molecule has 5 N–H and O–H groups in total. The molecule has 1 aromatic heterocycles. The number of nitrogens with two attached hydrogens (primary N) is 1. The van der Waals surface area contributed by atoms with Gasteiger partial charge in [0.1, 0.15) is 6.04 Å². The van der Waals surface area contributed by atoms with Crippen LogP contribution in [0.1, 0.15) is 87.1 Å². The van der Waals surface area contributed by atoms with Gasteiger partial charge in [0.05, 0.1) is 16.8 Å². The summed E-state index contributed by atoms with van der Waals surface area (Å²) in [5, 5.41) is 9.36. The highest BCUT2D eigenvalue weighted by atomic mass is 16.2. The number of benzene rings is 4. The zero-order chi connectivity index (χ0) is 39.2. The summed E-state index contributed by atoms with van der Waals surface area (Å²) >= 11 is 0. The summed E-state index contributed by atoms with van der Waals surface area (Å²) in [6.07, 6.45) is 5.31. The van der Waals surface area contributed by atoms with Crippen LogP contribution >= 0.6 is 0 Å². The Labute approximate surface area is 323 Å². The van der Waals surface area contributed by atoms with E-state index in [1.165, 1.54) is 11.1 Å². The summed E-state index contributed by atoms with van der Waals surface area (Å²) < 4.78 is 0. The van der Waals surface area contributed by atoms with Crippen molar-refractivity contribution in [2.45, 2.75) is 64.0 Å². The molecule has 1 unspecified atom stereocenters. The van der Waals surface area contributed by atoms with Crippen molar-refractivity contribution in [3.8, 4) is 11.1 Å². The van der Waals surface area contributed by atoms with E-state index in [2.05, 4.69) is 20.9 Å². The second-order valence-corrected chi connectivity index (χ2v) is 14.1. The minimum Gasteiger partial charge on any atom is -0.365 e. The average molecular weight is 751 g/mol. The molecule has 12 nitrogen and oxygen atoms in total. The van der Waals surface area contributed by atoms with Crippen LogP contribution in [0, 0.1) is 0 Å². The number of primary amides is 1. The predicted octanol–water partition coefficient (Wildman–Crippen LogP) is 6.00. The van der Waals surface area contributed by atoms with E-state index in [1.807, 2.05) is 78.9 Å². The summed E-state index contributed by atoms with van der Waals surface area (Å²) in [7, 11) is 0. The molecule has 0 radical (unpaired) electrons. The molecular formula is C44H42N6O6. The smallest absolute Gasteiger partial charge is 0.255 e. The molecule has 1 fully saturated rings. The molecule has 284 valence electrons. The van der Waals surface area contributed by atoms with Crippen LogP contribution < -0.4 is 21.7 Å². The van der Waals surface area contributed by atoms with E-state index in [9.17, 15) is 28.8 Å². The normalized spacial score (nSPS) is 15.0. The van der Waals surface area contributed by atoms with Gasteiger partial charge in [0.15, 0.2) is 5.78 Å². The number of aryl methyl sites for hydroxylation is 1. The van der Waals surface area contributed by atoms with E-state index in [0.29, 0.717) is 54.6 Å². The second-order valence-electron chi connectivity index (χ2n) is 14.1. The molecule has 56 heavy (non-hydrogen) atoms. The third-order valence-corrected chi connectivity index (χ3v) is 10.4. The Hall–Kier alpha value is -6.69. The number of amides is 5. The lowest BCUT2D eigenvalue weighted by molar-refractivity contribution is -0.137. The Morgan fingerprint density at radius 3 is 2.41 bits per heavy atom. The molecule has 5 amide bonds. The van der Waals surface area contributed by atoms with Gasteiger partial charge < -0.3 is 21.3 Å². The molecule has 2 aliphatic rings. The first kappa shape index (κ1) is 37.6. The first-order valence-corrected chi connectivity index (χ1v) is 18.9. The fraction of sp³-hybridized carbons (Fsp3) is 0.250. The van der Waals surface area contributed by atoms with Gasteiger partial charge in [0, 0.05) is 60.7 Å². The maximum absolute atomic E-state index is 13.1. The molecule has 7 rings (SSSR count). The quantitative estimate of drug-likeness (QED) is 0.0572. The first-order chi connectivity index (χ1) is 27.2. The molecule has 4 aromatic carbocycles. The largest absolute Gasteiger partial charge is 0.365 e. The number of ketones is 1. The molecule has 1 saturated heterocycles. The molecule has 5 aromatic rings. The number of para-hydroxylation sites is 1. The van der Waals surface area contributed by atoms with E-state index in [4.69, 9.17) is 5.73 Å². The molecule has 0 saturated carbocycles. The van der Waals surface area contributed by atoms with Crippen LogP contribution in [-0.2, 0) is 27.3 Å². The van der Waals surface area contributed by atoms with Crippen LogP contribution in [0.5, 0.6) is 0 Å². The Morgan fingerprint density at radius 1 is 0.857 bits per heavy atom. The van der Waals surface area contributed by atoms with E-state index >= 15 is 0 Å². The highest BCUT2D eigenvalue weighted by molar-refractivity contribution is 6.08. The number of pyridine rings is 1. The number of Topliss-reactive ketones (excluding diaryl/α,β-unsaturated/α-hetero) is 1. The number of nitrogens with one attached hydrogen (secondary N) is 3. The molecular weight excluding hydrogens is 709 g/mol. The first-order valence-electron chi connectivity index (χ1n) is 18.9. The number of hydrogen-bond donors (Lipinski definition) is 4.